The van der Waals surface area contributed by atoms with Crippen molar-refractivity contribution in [1.29, 1.82) is 0 Å². The highest BCUT2D eigenvalue weighted by atomic mass is 16.3. The molecule has 1 atom stereocenters. The van der Waals surface area contributed by atoms with Crippen LogP contribution in [0.4, 0.5) is 0 Å². The number of primary amides is 1. The standard InChI is InChI=1S/C16H28N2O3/c17-14(19)10-13(12-6-2-1-3-7-12)18-15(20)11-16(21)8-4-5-9-16/h12-13,21H,1-11H2,(H2,17,19)(H,18,20). The van der Waals surface area contributed by atoms with Gasteiger partial charge < -0.3 is 16.2 Å². The monoisotopic (exact) mass is 296 g/mol. The quantitative estimate of drug-likeness (QED) is 0.695. The van der Waals surface area contributed by atoms with Crippen molar-refractivity contribution in [3.63, 3.8) is 0 Å². The average Bonchev–Trinajstić information content (AvgIpc) is 2.84. The van der Waals surface area contributed by atoms with Gasteiger partial charge in [-0.05, 0) is 31.6 Å². The lowest BCUT2D eigenvalue weighted by Gasteiger charge is -2.31. The molecule has 0 radical (unpaired) electrons. The Morgan fingerprint density at radius 2 is 1.76 bits per heavy atom. The molecule has 2 amide bonds. The second-order valence-corrected chi connectivity index (χ2v) is 6.85. The lowest BCUT2D eigenvalue weighted by atomic mass is 9.82. The van der Waals surface area contributed by atoms with Gasteiger partial charge in [-0.1, -0.05) is 32.1 Å². The third-order valence-electron chi connectivity index (χ3n) is 5.01. The molecule has 4 N–H and O–H groups in total. The van der Waals surface area contributed by atoms with Crippen LogP contribution in [0.5, 0.6) is 0 Å². The summed E-state index contributed by atoms with van der Waals surface area (Å²) in [6, 6.07) is -0.166. The van der Waals surface area contributed by atoms with Gasteiger partial charge in [-0.25, -0.2) is 0 Å². The molecular formula is C16H28N2O3. The molecule has 2 aliphatic carbocycles. The molecule has 0 aliphatic heterocycles. The Bertz CT molecular complexity index is 372. The van der Waals surface area contributed by atoms with Crippen LogP contribution in [0, 0.1) is 5.92 Å². The maximum Gasteiger partial charge on any atom is 0.223 e. The summed E-state index contributed by atoms with van der Waals surface area (Å²) in [5, 5.41) is 13.3. The number of hydrogen-bond acceptors (Lipinski definition) is 3. The molecular weight excluding hydrogens is 268 g/mol. The molecule has 0 saturated heterocycles. The van der Waals surface area contributed by atoms with E-state index < -0.39 is 5.60 Å². The summed E-state index contributed by atoms with van der Waals surface area (Å²) in [4.78, 5) is 23.5. The zero-order chi connectivity index (χ0) is 15.3. The Balaban J connectivity index is 1.90. The number of aliphatic hydroxyl groups is 1. The largest absolute Gasteiger partial charge is 0.389 e. The Labute approximate surface area is 126 Å². The fraction of sp³-hybridized carbons (Fsp3) is 0.875. The van der Waals surface area contributed by atoms with E-state index in [1.165, 1.54) is 6.42 Å². The first kappa shape index (κ1) is 16.3. The number of carbonyl (C=O) groups excluding carboxylic acids is 2. The minimum atomic E-state index is -0.839. The van der Waals surface area contributed by atoms with E-state index in [0.29, 0.717) is 18.8 Å². The van der Waals surface area contributed by atoms with Gasteiger partial charge in [0.1, 0.15) is 0 Å². The van der Waals surface area contributed by atoms with E-state index in [2.05, 4.69) is 5.32 Å². The van der Waals surface area contributed by atoms with Crippen molar-refractivity contribution in [2.24, 2.45) is 11.7 Å². The fourth-order valence-corrected chi connectivity index (χ4v) is 3.86. The number of rotatable bonds is 6. The SMILES string of the molecule is NC(=O)CC(NC(=O)CC1(O)CCCC1)C1CCCCC1. The minimum Gasteiger partial charge on any atom is -0.389 e. The molecule has 1 unspecified atom stereocenters. The number of carbonyl (C=O) groups is 2. The van der Waals surface area contributed by atoms with Crippen molar-refractivity contribution in [3.8, 4) is 0 Å². The van der Waals surface area contributed by atoms with E-state index in [9.17, 15) is 14.7 Å². The van der Waals surface area contributed by atoms with E-state index in [1.54, 1.807) is 0 Å². The Morgan fingerprint density at radius 1 is 1.14 bits per heavy atom. The summed E-state index contributed by atoms with van der Waals surface area (Å²) < 4.78 is 0. The van der Waals surface area contributed by atoms with Crippen LogP contribution in [0.25, 0.3) is 0 Å². The smallest absolute Gasteiger partial charge is 0.223 e. The fourth-order valence-electron chi connectivity index (χ4n) is 3.86. The van der Waals surface area contributed by atoms with E-state index in [-0.39, 0.29) is 30.7 Å². The van der Waals surface area contributed by atoms with Crippen LogP contribution in [-0.2, 0) is 9.59 Å². The summed E-state index contributed by atoms with van der Waals surface area (Å²) in [5.74, 6) is -0.171. The zero-order valence-electron chi connectivity index (χ0n) is 12.8. The van der Waals surface area contributed by atoms with Crippen LogP contribution in [0.15, 0.2) is 0 Å². The first-order valence-electron chi connectivity index (χ1n) is 8.29. The van der Waals surface area contributed by atoms with Crippen molar-refractivity contribution in [2.45, 2.75) is 82.3 Å². The summed E-state index contributed by atoms with van der Waals surface area (Å²) >= 11 is 0. The van der Waals surface area contributed by atoms with Crippen LogP contribution in [-0.4, -0.2) is 28.6 Å². The Hall–Kier alpha value is -1.10. The molecule has 5 heteroatoms. The molecule has 0 aromatic rings. The topological polar surface area (TPSA) is 92.4 Å². The van der Waals surface area contributed by atoms with Crippen molar-refractivity contribution >= 4 is 11.8 Å². The van der Waals surface area contributed by atoms with Gasteiger partial charge in [-0.15, -0.1) is 0 Å². The lowest BCUT2D eigenvalue weighted by molar-refractivity contribution is -0.127. The molecule has 2 rings (SSSR count). The lowest BCUT2D eigenvalue weighted by Crippen LogP contribution is -2.45. The zero-order valence-corrected chi connectivity index (χ0v) is 12.8. The third kappa shape index (κ3) is 4.99. The van der Waals surface area contributed by atoms with Gasteiger partial charge in [0, 0.05) is 12.5 Å². The van der Waals surface area contributed by atoms with Gasteiger partial charge in [-0.2, -0.15) is 0 Å². The number of nitrogens with one attached hydrogen (secondary N) is 1. The highest BCUT2D eigenvalue weighted by molar-refractivity contribution is 5.79. The van der Waals surface area contributed by atoms with Gasteiger partial charge in [0.25, 0.3) is 0 Å². The summed E-state index contributed by atoms with van der Waals surface area (Å²) in [5.41, 5.74) is 4.49. The molecule has 0 heterocycles. The predicted molar refractivity (Wildman–Crippen MR) is 80.4 cm³/mol. The van der Waals surface area contributed by atoms with E-state index >= 15 is 0 Å². The number of hydrogen-bond donors (Lipinski definition) is 3. The molecule has 2 fully saturated rings. The normalized spacial score (nSPS) is 23.7. The maximum absolute atomic E-state index is 12.2. The van der Waals surface area contributed by atoms with Gasteiger partial charge >= 0.3 is 0 Å². The molecule has 2 saturated carbocycles. The molecule has 120 valence electrons. The van der Waals surface area contributed by atoms with E-state index in [0.717, 1.165) is 38.5 Å². The van der Waals surface area contributed by atoms with Crippen LogP contribution < -0.4 is 11.1 Å². The number of nitrogens with two attached hydrogens (primary N) is 1. The van der Waals surface area contributed by atoms with Gasteiger partial charge in [0.2, 0.25) is 11.8 Å². The summed E-state index contributed by atoms with van der Waals surface area (Å²) in [6.45, 7) is 0. The van der Waals surface area contributed by atoms with Crippen molar-refractivity contribution in [2.75, 3.05) is 0 Å². The minimum absolute atomic E-state index is 0.142. The van der Waals surface area contributed by atoms with Crippen LogP contribution in [0.3, 0.4) is 0 Å². The highest BCUT2D eigenvalue weighted by Gasteiger charge is 2.35. The molecule has 0 aromatic carbocycles. The molecule has 0 spiro atoms. The average molecular weight is 296 g/mol. The Kier molecular flexibility index (Phi) is 5.62. The second kappa shape index (κ2) is 7.25. The third-order valence-corrected chi connectivity index (χ3v) is 5.01. The second-order valence-electron chi connectivity index (χ2n) is 6.85. The van der Waals surface area contributed by atoms with Crippen LogP contribution in [0.2, 0.25) is 0 Å². The van der Waals surface area contributed by atoms with E-state index in [1.807, 2.05) is 0 Å². The van der Waals surface area contributed by atoms with Crippen molar-refractivity contribution in [1.82, 2.24) is 5.32 Å². The molecule has 0 bridgehead atoms. The van der Waals surface area contributed by atoms with Crippen molar-refractivity contribution in [3.05, 3.63) is 0 Å². The van der Waals surface area contributed by atoms with Gasteiger partial charge in [0.05, 0.1) is 12.0 Å². The first-order valence-corrected chi connectivity index (χ1v) is 8.29. The maximum atomic E-state index is 12.2. The van der Waals surface area contributed by atoms with Gasteiger partial charge in [0.15, 0.2) is 0 Å². The molecule has 5 nitrogen and oxygen atoms in total. The highest BCUT2D eigenvalue weighted by Crippen LogP contribution is 2.33. The Morgan fingerprint density at radius 3 is 2.33 bits per heavy atom. The first-order chi connectivity index (χ1) is 9.98. The summed E-state index contributed by atoms with van der Waals surface area (Å²) in [6.07, 6.45) is 9.34. The molecule has 21 heavy (non-hydrogen) atoms. The van der Waals surface area contributed by atoms with Crippen molar-refractivity contribution < 1.29 is 14.7 Å². The van der Waals surface area contributed by atoms with E-state index in [4.69, 9.17) is 5.73 Å². The van der Waals surface area contributed by atoms with Gasteiger partial charge in [-0.3, -0.25) is 9.59 Å². The predicted octanol–water partition coefficient (Wildman–Crippen LogP) is 1.62. The van der Waals surface area contributed by atoms with Crippen LogP contribution >= 0.6 is 0 Å². The number of amides is 2. The summed E-state index contributed by atoms with van der Waals surface area (Å²) in [7, 11) is 0. The molecule has 2 aliphatic rings. The molecule has 0 aromatic heterocycles. The van der Waals surface area contributed by atoms with Crippen LogP contribution in [0.1, 0.15) is 70.6 Å².